The van der Waals surface area contributed by atoms with Crippen molar-refractivity contribution in [3.8, 4) is 0 Å². The van der Waals surface area contributed by atoms with Crippen molar-refractivity contribution in [3.63, 3.8) is 0 Å². The van der Waals surface area contributed by atoms with Gasteiger partial charge in [-0.15, -0.1) is 11.3 Å². The highest BCUT2D eigenvalue weighted by atomic mass is 32.1. The summed E-state index contributed by atoms with van der Waals surface area (Å²) in [5, 5.41) is 9.96. The summed E-state index contributed by atoms with van der Waals surface area (Å²) in [6.07, 6.45) is 1.52. The van der Waals surface area contributed by atoms with Gasteiger partial charge in [0.2, 0.25) is 0 Å². The molecule has 0 aliphatic heterocycles. The minimum atomic E-state index is 0.0606. The number of aryl methyl sites for hydroxylation is 1. The van der Waals surface area contributed by atoms with E-state index in [-0.39, 0.29) is 6.04 Å². The number of anilines is 1. The second-order valence-electron chi connectivity index (χ2n) is 5.26. The van der Waals surface area contributed by atoms with Crippen LogP contribution in [0.3, 0.4) is 0 Å². The summed E-state index contributed by atoms with van der Waals surface area (Å²) in [5.74, 6) is 1.48. The van der Waals surface area contributed by atoms with Crippen LogP contribution in [0.4, 0.5) is 5.82 Å². The first-order valence-corrected chi connectivity index (χ1v) is 8.21. The maximum Gasteiger partial charge on any atom is 0.254 e. The summed E-state index contributed by atoms with van der Waals surface area (Å²) in [6.45, 7) is 1.96. The van der Waals surface area contributed by atoms with Gasteiger partial charge in [0.25, 0.3) is 5.78 Å². The van der Waals surface area contributed by atoms with E-state index in [2.05, 4.69) is 62.2 Å². The van der Waals surface area contributed by atoms with Crippen LogP contribution >= 0.6 is 11.3 Å². The summed E-state index contributed by atoms with van der Waals surface area (Å²) in [6, 6.07) is 16.7. The predicted octanol–water partition coefficient (Wildman–Crippen LogP) is 3.70. The van der Waals surface area contributed by atoms with E-state index in [0.29, 0.717) is 5.78 Å². The van der Waals surface area contributed by atoms with Crippen LogP contribution in [-0.4, -0.2) is 19.6 Å². The van der Waals surface area contributed by atoms with E-state index < -0.39 is 0 Å². The maximum atomic E-state index is 4.39. The third-order valence-electron chi connectivity index (χ3n) is 3.63. The molecule has 0 bridgehead atoms. The van der Waals surface area contributed by atoms with Gasteiger partial charge in [0.1, 0.15) is 12.1 Å². The van der Waals surface area contributed by atoms with Crippen LogP contribution in [0, 0.1) is 6.92 Å². The van der Waals surface area contributed by atoms with Crippen molar-refractivity contribution < 1.29 is 0 Å². The number of thiophene rings is 1. The topological polar surface area (TPSA) is 55.1 Å². The Balaban J connectivity index is 1.80. The van der Waals surface area contributed by atoms with Crippen LogP contribution in [-0.2, 0) is 0 Å². The summed E-state index contributed by atoms with van der Waals surface area (Å²) in [5.41, 5.74) is 2.11. The highest BCUT2D eigenvalue weighted by Crippen LogP contribution is 2.29. The predicted molar refractivity (Wildman–Crippen MR) is 91.7 cm³/mol. The van der Waals surface area contributed by atoms with Crippen molar-refractivity contribution in [1.29, 1.82) is 0 Å². The molecule has 1 atom stereocenters. The Labute approximate surface area is 137 Å². The lowest BCUT2D eigenvalue weighted by Gasteiger charge is -2.19. The molecule has 1 aromatic carbocycles. The van der Waals surface area contributed by atoms with Crippen LogP contribution in [0.15, 0.2) is 60.2 Å². The minimum Gasteiger partial charge on any atom is -0.358 e. The average molecular weight is 321 g/mol. The van der Waals surface area contributed by atoms with E-state index in [1.165, 1.54) is 16.8 Å². The summed E-state index contributed by atoms with van der Waals surface area (Å²) >= 11 is 1.73. The van der Waals surface area contributed by atoms with Gasteiger partial charge in [0, 0.05) is 16.6 Å². The molecule has 0 aliphatic rings. The molecular formula is C17H15N5S. The van der Waals surface area contributed by atoms with Crippen molar-refractivity contribution in [1.82, 2.24) is 19.6 Å². The smallest absolute Gasteiger partial charge is 0.254 e. The SMILES string of the molecule is Cc1cc(N[C@H](c2ccccc2)c2cccs2)n2ncnc2n1. The number of fused-ring (bicyclic) bond motifs is 1. The van der Waals surface area contributed by atoms with E-state index >= 15 is 0 Å². The van der Waals surface area contributed by atoms with Gasteiger partial charge in [-0.2, -0.15) is 14.6 Å². The van der Waals surface area contributed by atoms with Crippen molar-refractivity contribution in [3.05, 3.63) is 76.4 Å². The molecule has 3 aromatic heterocycles. The molecule has 0 spiro atoms. The zero-order valence-electron chi connectivity index (χ0n) is 12.5. The third kappa shape index (κ3) is 2.68. The zero-order chi connectivity index (χ0) is 15.6. The first-order chi connectivity index (χ1) is 11.3. The maximum absolute atomic E-state index is 4.39. The van der Waals surface area contributed by atoms with E-state index in [1.54, 1.807) is 15.9 Å². The van der Waals surface area contributed by atoms with Crippen LogP contribution in [0.2, 0.25) is 0 Å². The van der Waals surface area contributed by atoms with Gasteiger partial charge < -0.3 is 5.32 Å². The molecule has 0 saturated heterocycles. The summed E-state index contributed by atoms with van der Waals surface area (Å²) in [4.78, 5) is 9.83. The highest BCUT2D eigenvalue weighted by Gasteiger charge is 2.17. The normalized spacial score (nSPS) is 12.4. The molecule has 4 rings (SSSR count). The van der Waals surface area contributed by atoms with Crippen LogP contribution in [0.1, 0.15) is 22.2 Å². The van der Waals surface area contributed by atoms with Gasteiger partial charge in [0.15, 0.2) is 0 Å². The standard InChI is InChI=1S/C17H15N5S/c1-12-10-15(22-17(20-12)18-11-19-22)21-16(14-8-5-9-23-14)13-6-3-2-4-7-13/h2-11,16,21H,1H3/t16-/m1/s1. The lowest BCUT2D eigenvalue weighted by Crippen LogP contribution is -2.14. The Morgan fingerprint density at radius 3 is 2.78 bits per heavy atom. The number of rotatable bonds is 4. The molecule has 6 heteroatoms. The second-order valence-corrected chi connectivity index (χ2v) is 6.24. The zero-order valence-corrected chi connectivity index (χ0v) is 13.4. The number of aromatic nitrogens is 4. The van der Waals surface area contributed by atoms with Gasteiger partial charge in [-0.05, 0) is 23.9 Å². The minimum absolute atomic E-state index is 0.0606. The number of benzene rings is 1. The van der Waals surface area contributed by atoms with Crippen LogP contribution in [0.25, 0.3) is 5.78 Å². The molecule has 3 heterocycles. The number of nitrogens with zero attached hydrogens (tertiary/aromatic N) is 4. The molecule has 0 saturated carbocycles. The Morgan fingerprint density at radius 1 is 1.13 bits per heavy atom. The largest absolute Gasteiger partial charge is 0.358 e. The number of hydrogen-bond acceptors (Lipinski definition) is 5. The van der Waals surface area contributed by atoms with E-state index in [9.17, 15) is 0 Å². The van der Waals surface area contributed by atoms with Gasteiger partial charge in [-0.3, -0.25) is 0 Å². The summed E-state index contributed by atoms with van der Waals surface area (Å²) < 4.78 is 1.73. The monoisotopic (exact) mass is 321 g/mol. The Hall–Kier alpha value is -2.73. The molecule has 0 fully saturated rings. The molecule has 23 heavy (non-hydrogen) atoms. The number of nitrogens with one attached hydrogen (secondary N) is 1. The molecule has 1 N–H and O–H groups in total. The second kappa shape index (κ2) is 5.81. The molecule has 0 radical (unpaired) electrons. The Bertz CT molecular complexity index is 915. The Kier molecular flexibility index (Phi) is 3.51. The molecule has 4 aromatic rings. The van der Waals surface area contributed by atoms with Crippen LogP contribution < -0.4 is 5.32 Å². The first kappa shape index (κ1) is 13.9. The highest BCUT2D eigenvalue weighted by molar-refractivity contribution is 7.10. The van der Waals surface area contributed by atoms with Crippen molar-refractivity contribution >= 4 is 22.9 Å². The van der Waals surface area contributed by atoms with Crippen molar-refractivity contribution in [2.45, 2.75) is 13.0 Å². The van der Waals surface area contributed by atoms with E-state index in [0.717, 1.165) is 11.5 Å². The van der Waals surface area contributed by atoms with Crippen molar-refractivity contribution in [2.75, 3.05) is 5.32 Å². The number of hydrogen-bond donors (Lipinski definition) is 1. The Morgan fingerprint density at radius 2 is 2.00 bits per heavy atom. The third-order valence-corrected chi connectivity index (χ3v) is 4.57. The quantitative estimate of drug-likeness (QED) is 0.623. The fourth-order valence-electron chi connectivity index (χ4n) is 2.60. The van der Waals surface area contributed by atoms with Crippen molar-refractivity contribution in [2.24, 2.45) is 0 Å². The molecule has 114 valence electrons. The average Bonchev–Trinajstić information content (AvgIpc) is 3.24. The van der Waals surface area contributed by atoms with Crippen LogP contribution in [0.5, 0.6) is 0 Å². The van der Waals surface area contributed by atoms with Gasteiger partial charge in [-0.25, -0.2) is 4.98 Å². The fourth-order valence-corrected chi connectivity index (χ4v) is 3.40. The fraction of sp³-hybridized carbons (Fsp3) is 0.118. The lowest BCUT2D eigenvalue weighted by molar-refractivity contribution is 0.878. The van der Waals surface area contributed by atoms with Gasteiger partial charge in [-0.1, -0.05) is 36.4 Å². The van der Waals surface area contributed by atoms with E-state index in [1.807, 2.05) is 19.1 Å². The molecule has 0 aliphatic carbocycles. The molecule has 0 amide bonds. The van der Waals surface area contributed by atoms with Gasteiger partial charge in [0.05, 0.1) is 6.04 Å². The van der Waals surface area contributed by atoms with Gasteiger partial charge >= 0.3 is 0 Å². The lowest BCUT2D eigenvalue weighted by atomic mass is 10.1. The van der Waals surface area contributed by atoms with E-state index in [4.69, 9.17) is 0 Å². The molecule has 5 nitrogen and oxygen atoms in total. The molecule has 0 unspecified atom stereocenters. The first-order valence-electron chi connectivity index (χ1n) is 7.33. The summed E-state index contributed by atoms with van der Waals surface area (Å²) in [7, 11) is 0. The molecular weight excluding hydrogens is 306 g/mol.